The number of hydrogen-bond acceptors (Lipinski definition) is 5. The molecule has 5 heteroatoms. The molecular formula is C15H21N3O2. The van der Waals surface area contributed by atoms with Crippen LogP contribution in [0.3, 0.4) is 0 Å². The second-order valence-electron chi connectivity index (χ2n) is 4.34. The number of rotatable bonds is 7. The predicted octanol–water partition coefficient (Wildman–Crippen LogP) is 2.14. The van der Waals surface area contributed by atoms with Gasteiger partial charge < -0.3 is 9.47 Å². The Morgan fingerprint density at radius 1 is 1.15 bits per heavy atom. The summed E-state index contributed by atoms with van der Waals surface area (Å²) in [5, 5.41) is 1.04. The minimum Gasteiger partial charge on any atom is -0.351 e. The molecule has 0 bridgehead atoms. The summed E-state index contributed by atoms with van der Waals surface area (Å²) in [6.07, 6.45) is 1.35. The van der Waals surface area contributed by atoms with E-state index in [1.807, 2.05) is 44.2 Å². The van der Waals surface area contributed by atoms with Gasteiger partial charge in [-0.1, -0.05) is 18.2 Å². The molecule has 108 valence electrons. The lowest BCUT2D eigenvalue weighted by Gasteiger charge is -2.27. The van der Waals surface area contributed by atoms with Crippen LogP contribution in [0.1, 0.15) is 25.5 Å². The van der Waals surface area contributed by atoms with Gasteiger partial charge in [-0.15, -0.1) is 0 Å². The Bertz CT molecular complexity index is 536. The van der Waals surface area contributed by atoms with Crippen LogP contribution in [-0.4, -0.2) is 24.5 Å². The zero-order valence-electron chi connectivity index (χ0n) is 11.9. The summed E-state index contributed by atoms with van der Waals surface area (Å²) in [6, 6.07) is 9.64. The maximum atomic E-state index is 5.73. The maximum Gasteiger partial charge on any atom is 0.178 e. The normalized spacial score (nSPS) is 13.0. The van der Waals surface area contributed by atoms with Crippen molar-refractivity contribution in [1.29, 1.82) is 0 Å². The third-order valence-corrected chi connectivity index (χ3v) is 3.13. The van der Waals surface area contributed by atoms with Crippen LogP contribution in [0.5, 0.6) is 0 Å². The molecule has 2 aromatic rings. The molecule has 0 radical (unpaired) electrons. The van der Waals surface area contributed by atoms with Crippen molar-refractivity contribution in [3.8, 4) is 0 Å². The molecule has 0 fully saturated rings. The molecule has 0 aliphatic heterocycles. The van der Waals surface area contributed by atoms with E-state index in [1.165, 1.54) is 0 Å². The van der Waals surface area contributed by atoms with Crippen LogP contribution in [0.2, 0.25) is 0 Å². The molecule has 0 saturated carbocycles. The lowest BCUT2D eigenvalue weighted by molar-refractivity contribution is -0.155. The van der Waals surface area contributed by atoms with E-state index in [0.29, 0.717) is 13.2 Å². The molecule has 1 heterocycles. The first-order valence-electron chi connectivity index (χ1n) is 6.84. The zero-order valence-corrected chi connectivity index (χ0v) is 11.9. The molecule has 1 atom stereocenters. The van der Waals surface area contributed by atoms with E-state index in [2.05, 4.69) is 10.4 Å². The first kappa shape index (κ1) is 14.9. The standard InChI is InChI=1S/C15H21N3O2/c1-3-19-15(20-4-2)14(18-16)12-7-5-9-13-11(12)8-6-10-17-13/h5-10,14-15,18H,3-4,16H2,1-2H3. The third-order valence-electron chi connectivity index (χ3n) is 3.13. The van der Waals surface area contributed by atoms with Gasteiger partial charge in [0.1, 0.15) is 0 Å². The van der Waals surface area contributed by atoms with E-state index < -0.39 is 6.29 Å². The van der Waals surface area contributed by atoms with E-state index in [1.54, 1.807) is 6.20 Å². The summed E-state index contributed by atoms with van der Waals surface area (Å²) in [7, 11) is 0. The Morgan fingerprint density at radius 2 is 1.90 bits per heavy atom. The van der Waals surface area contributed by atoms with E-state index in [9.17, 15) is 0 Å². The summed E-state index contributed by atoms with van der Waals surface area (Å²) >= 11 is 0. The highest BCUT2D eigenvalue weighted by Crippen LogP contribution is 2.26. The van der Waals surface area contributed by atoms with Crippen LogP contribution in [0.4, 0.5) is 0 Å². The third kappa shape index (κ3) is 3.13. The molecule has 0 spiro atoms. The van der Waals surface area contributed by atoms with Gasteiger partial charge in [-0.05, 0) is 31.5 Å². The van der Waals surface area contributed by atoms with Gasteiger partial charge in [0.25, 0.3) is 0 Å². The summed E-state index contributed by atoms with van der Waals surface area (Å²) in [5.74, 6) is 5.73. The van der Waals surface area contributed by atoms with Crippen molar-refractivity contribution in [2.24, 2.45) is 5.84 Å². The molecule has 0 aliphatic rings. The van der Waals surface area contributed by atoms with Crippen LogP contribution >= 0.6 is 0 Å². The largest absolute Gasteiger partial charge is 0.351 e. The fourth-order valence-electron chi connectivity index (χ4n) is 2.28. The highest BCUT2D eigenvalue weighted by atomic mass is 16.7. The average molecular weight is 275 g/mol. The van der Waals surface area contributed by atoms with Crippen LogP contribution in [0.15, 0.2) is 36.5 Å². The van der Waals surface area contributed by atoms with Crippen LogP contribution < -0.4 is 11.3 Å². The number of pyridine rings is 1. The molecule has 0 aliphatic carbocycles. The second kappa shape index (κ2) is 7.31. The van der Waals surface area contributed by atoms with Crippen molar-refractivity contribution in [3.63, 3.8) is 0 Å². The highest BCUT2D eigenvalue weighted by Gasteiger charge is 2.24. The SMILES string of the molecule is CCOC(OCC)C(NN)c1cccc2ncccc12. The van der Waals surface area contributed by atoms with Crippen molar-refractivity contribution in [2.75, 3.05) is 13.2 Å². The quantitative estimate of drug-likeness (QED) is 0.460. The monoisotopic (exact) mass is 275 g/mol. The number of nitrogens with zero attached hydrogens (tertiary/aromatic N) is 1. The molecule has 0 saturated heterocycles. The molecule has 5 nitrogen and oxygen atoms in total. The molecule has 2 rings (SSSR count). The lowest BCUT2D eigenvalue weighted by Crippen LogP contribution is -2.39. The van der Waals surface area contributed by atoms with Crippen LogP contribution in [0.25, 0.3) is 10.9 Å². The van der Waals surface area contributed by atoms with Crippen molar-refractivity contribution in [1.82, 2.24) is 10.4 Å². The number of hydrogen-bond donors (Lipinski definition) is 2. The number of nitrogens with one attached hydrogen (secondary N) is 1. The molecule has 1 aromatic carbocycles. The van der Waals surface area contributed by atoms with Gasteiger partial charge in [0.15, 0.2) is 6.29 Å². The summed E-state index contributed by atoms with van der Waals surface area (Å²) in [4.78, 5) is 4.36. The zero-order chi connectivity index (χ0) is 14.4. The average Bonchev–Trinajstić information content (AvgIpc) is 2.49. The minimum absolute atomic E-state index is 0.247. The Hall–Kier alpha value is -1.53. The van der Waals surface area contributed by atoms with E-state index in [0.717, 1.165) is 16.5 Å². The van der Waals surface area contributed by atoms with Gasteiger partial charge in [-0.3, -0.25) is 10.8 Å². The number of nitrogens with two attached hydrogens (primary N) is 1. The number of hydrazine groups is 1. The Labute approximate surface area is 119 Å². The molecule has 0 amide bonds. The topological polar surface area (TPSA) is 69.4 Å². The van der Waals surface area contributed by atoms with Crippen molar-refractivity contribution in [2.45, 2.75) is 26.2 Å². The summed E-state index contributed by atoms with van der Waals surface area (Å²) in [5.41, 5.74) is 4.75. The van der Waals surface area contributed by atoms with Crippen molar-refractivity contribution >= 4 is 10.9 Å². The molecule has 1 aromatic heterocycles. The van der Waals surface area contributed by atoms with Gasteiger partial charge in [-0.25, -0.2) is 5.43 Å². The smallest absolute Gasteiger partial charge is 0.178 e. The second-order valence-corrected chi connectivity index (χ2v) is 4.34. The summed E-state index contributed by atoms with van der Waals surface area (Å²) in [6.45, 7) is 4.99. The first-order valence-corrected chi connectivity index (χ1v) is 6.84. The van der Waals surface area contributed by atoms with Crippen LogP contribution in [-0.2, 0) is 9.47 Å². The fourth-order valence-corrected chi connectivity index (χ4v) is 2.28. The molecule has 20 heavy (non-hydrogen) atoms. The first-order chi connectivity index (χ1) is 9.81. The number of benzene rings is 1. The number of aromatic nitrogens is 1. The van der Waals surface area contributed by atoms with Gasteiger partial charge >= 0.3 is 0 Å². The van der Waals surface area contributed by atoms with Crippen LogP contribution in [0, 0.1) is 0 Å². The summed E-state index contributed by atoms with van der Waals surface area (Å²) < 4.78 is 11.3. The van der Waals surface area contributed by atoms with E-state index in [4.69, 9.17) is 15.3 Å². The molecular weight excluding hydrogens is 254 g/mol. The number of ether oxygens (including phenoxy) is 2. The van der Waals surface area contributed by atoms with Gasteiger partial charge in [0, 0.05) is 24.8 Å². The van der Waals surface area contributed by atoms with Gasteiger partial charge in [0.2, 0.25) is 0 Å². The van der Waals surface area contributed by atoms with Crippen molar-refractivity contribution < 1.29 is 9.47 Å². The Kier molecular flexibility index (Phi) is 5.43. The number of fused-ring (bicyclic) bond motifs is 1. The molecule has 3 N–H and O–H groups in total. The van der Waals surface area contributed by atoms with E-state index >= 15 is 0 Å². The highest BCUT2D eigenvalue weighted by molar-refractivity contribution is 5.82. The minimum atomic E-state index is -0.430. The Morgan fingerprint density at radius 3 is 2.55 bits per heavy atom. The molecule has 1 unspecified atom stereocenters. The van der Waals surface area contributed by atoms with Crippen molar-refractivity contribution in [3.05, 3.63) is 42.1 Å². The van der Waals surface area contributed by atoms with Gasteiger partial charge in [-0.2, -0.15) is 0 Å². The lowest BCUT2D eigenvalue weighted by atomic mass is 10.0. The fraction of sp³-hybridized carbons (Fsp3) is 0.400. The van der Waals surface area contributed by atoms with E-state index in [-0.39, 0.29) is 6.04 Å². The van der Waals surface area contributed by atoms with Gasteiger partial charge in [0.05, 0.1) is 11.6 Å². The Balaban J connectivity index is 2.42. The maximum absolute atomic E-state index is 5.73. The predicted molar refractivity (Wildman–Crippen MR) is 78.8 cm³/mol.